The molecule has 0 saturated heterocycles. The van der Waals surface area contributed by atoms with E-state index >= 15 is 0 Å². The van der Waals surface area contributed by atoms with Crippen LogP contribution in [-0.2, 0) is 16.5 Å². The van der Waals surface area contributed by atoms with Crippen LogP contribution in [0.1, 0.15) is 11.1 Å². The lowest BCUT2D eigenvalue weighted by Crippen LogP contribution is -2.06. The van der Waals surface area contributed by atoms with Crippen LogP contribution in [0.3, 0.4) is 0 Å². The average molecular weight is 250 g/mol. The third kappa shape index (κ3) is 2.84. The minimum Gasteiger partial charge on any atom is -0.286 e. The van der Waals surface area contributed by atoms with E-state index in [1.54, 1.807) is 0 Å². The summed E-state index contributed by atoms with van der Waals surface area (Å²) in [6.45, 7) is 2.02. The number of hydrogen-bond acceptors (Lipinski definition) is 2. The Labute approximate surface area is 101 Å². The molecule has 0 bridgehead atoms. The molecule has 4 heteroatoms. The maximum Gasteiger partial charge on any atom is 0.265 e. The lowest BCUT2D eigenvalue weighted by molar-refractivity contribution is 0.483. The first-order chi connectivity index (χ1) is 7.97. The molecule has 3 nitrogen and oxygen atoms in total. The molecule has 0 unspecified atom stereocenters. The molecule has 0 heterocycles. The summed E-state index contributed by atoms with van der Waals surface area (Å²) in [6, 6.07) is 11.8. The van der Waals surface area contributed by atoms with E-state index in [2.05, 4.69) is 0 Å². The van der Waals surface area contributed by atoms with Gasteiger partial charge >= 0.3 is 0 Å². The van der Waals surface area contributed by atoms with Gasteiger partial charge in [-0.25, -0.2) is 0 Å². The molecule has 0 atom stereocenters. The third-order valence-corrected chi connectivity index (χ3v) is 3.58. The van der Waals surface area contributed by atoms with Crippen molar-refractivity contribution in [2.75, 3.05) is 5.75 Å². The summed E-state index contributed by atoms with van der Waals surface area (Å²) >= 11 is 0. The fourth-order valence-corrected chi connectivity index (χ4v) is 2.45. The van der Waals surface area contributed by atoms with Crippen LogP contribution in [0.2, 0.25) is 0 Å². The molecular weight excluding hydrogens is 236 g/mol. The van der Waals surface area contributed by atoms with Crippen LogP contribution < -0.4 is 0 Å². The Hall–Kier alpha value is -1.39. The van der Waals surface area contributed by atoms with Gasteiger partial charge in [-0.05, 0) is 35.2 Å². The Morgan fingerprint density at radius 2 is 1.71 bits per heavy atom. The van der Waals surface area contributed by atoms with Gasteiger partial charge in [0, 0.05) is 0 Å². The largest absolute Gasteiger partial charge is 0.286 e. The molecule has 0 aliphatic carbocycles. The van der Waals surface area contributed by atoms with Gasteiger partial charge in [-0.1, -0.05) is 36.4 Å². The zero-order valence-corrected chi connectivity index (χ0v) is 10.4. The van der Waals surface area contributed by atoms with E-state index in [0.29, 0.717) is 6.42 Å². The van der Waals surface area contributed by atoms with Crippen molar-refractivity contribution in [3.63, 3.8) is 0 Å². The van der Waals surface area contributed by atoms with Crippen molar-refractivity contribution in [2.45, 2.75) is 13.3 Å². The molecule has 0 saturated carbocycles. The molecule has 0 radical (unpaired) electrons. The van der Waals surface area contributed by atoms with E-state index < -0.39 is 10.1 Å². The van der Waals surface area contributed by atoms with Crippen LogP contribution in [0.5, 0.6) is 0 Å². The molecule has 0 aliphatic rings. The Kier molecular flexibility index (Phi) is 3.17. The molecule has 17 heavy (non-hydrogen) atoms. The molecule has 0 amide bonds. The van der Waals surface area contributed by atoms with Gasteiger partial charge in [-0.3, -0.25) is 4.55 Å². The normalized spacial score (nSPS) is 11.9. The molecule has 0 aromatic heterocycles. The summed E-state index contributed by atoms with van der Waals surface area (Å²) in [5.74, 6) is -0.236. The monoisotopic (exact) mass is 250 g/mol. The maximum atomic E-state index is 10.8. The summed E-state index contributed by atoms with van der Waals surface area (Å²) in [4.78, 5) is 0. The average Bonchev–Trinajstić information content (AvgIpc) is 2.27. The molecule has 0 fully saturated rings. The van der Waals surface area contributed by atoms with E-state index in [1.165, 1.54) is 0 Å². The van der Waals surface area contributed by atoms with Crippen LogP contribution in [0.25, 0.3) is 10.8 Å². The number of rotatable bonds is 3. The maximum absolute atomic E-state index is 10.8. The number of hydrogen-bond donors (Lipinski definition) is 1. The second-order valence-corrected chi connectivity index (χ2v) is 5.70. The van der Waals surface area contributed by atoms with Crippen LogP contribution >= 0.6 is 0 Å². The van der Waals surface area contributed by atoms with Crippen molar-refractivity contribution in [2.24, 2.45) is 0 Å². The minimum absolute atomic E-state index is 0.236. The smallest absolute Gasteiger partial charge is 0.265 e. The number of fused-ring (bicyclic) bond motifs is 1. The van der Waals surface area contributed by atoms with Crippen molar-refractivity contribution in [3.8, 4) is 0 Å². The highest BCUT2D eigenvalue weighted by atomic mass is 32.2. The predicted octanol–water partition coefficient (Wildman–Crippen LogP) is 2.58. The molecule has 2 aromatic rings. The van der Waals surface area contributed by atoms with Crippen LogP contribution in [0.15, 0.2) is 36.4 Å². The lowest BCUT2D eigenvalue weighted by atomic mass is 9.99. The first-order valence-electron chi connectivity index (χ1n) is 5.40. The van der Waals surface area contributed by atoms with E-state index in [0.717, 1.165) is 21.9 Å². The predicted molar refractivity (Wildman–Crippen MR) is 68.8 cm³/mol. The number of benzene rings is 2. The minimum atomic E-state index is -3.90. The van der Waals surface area contributed by atoms with Crippen LogP contribution in [0.4, 0.5) is 0 Å². The molecule has 2 aromatic carbocycles. The topological polar surface area (TPSA) is 54.4 Å². The van der Waals surface area contributed by atoms with Gasteiger partial charge in [-0.2, -0.15) is 8.42 Å². The Morgan fingerprint density at radius 3 is 2.35 bits per heavy atom. The summed E-state index contributed by atoms with van der Waals surface area (Å²) in [6.07, 6.45) is 0.333. The molecular formula is C13H14O3S. The third-order valence-electron chi connectivity index (χ3n) is 2.86. The summed E-state index contributed by atoms with van der Waals surface area (Å²) < 4.78 is 30.3. The first-order valence-corrected chi connectivity index (χ1v) is 7.01. The number of aryl methyl sites for hydroxylation is 2. The van der Waals surface area contributed by atoms with Gasteiger partial charge in [0.2, 0.25) is 0 Å². The van der Waals surface area contributed by atoms with Gasteiger partial charge in [-0.15, -0.1) is 0 Å². The van der Waals surface area contributed by atoms with Crippen molar-refractivity contribution >= 4 is 20.9 Å². The summed E-state index contributed by atoms with van der Waals surface area (Å²) in [5, 5.41) is 2.18. The first kappa shape index (κ1) is 12.1. The second-order valence-electron chi connectivity index (χ2n) is 4.12. The van der Waals surface area contributed by atoms with Crippen molar-refractivity contribution in [1.82, 2.24) is 0 Å². The van der Waals surface area contributed by atoms with E-state index in [9.17, 15) is 8.42 Å². The summed E-state index contributed by atoms with van der Waals surface area (Å²) in [5.41, 5.74) is 2.11. The molecule has 90 valence electrons. The Morgan fingerprint density at radius 1 is 1.06 bits per heavy atom. The standard InChI is InChI=1S/C13H14O3S/c1-10-6-7-11(8-9-17(14,15)16)13-5-3-2-4-12(10)13/h2-7H,8-9H2,1H3,(H,14,15,16). The van der Waals surface area contributed by atoms with Crippen molar-refractivity contribution in [1.29, 1.82) is 0 Å². The molecule has 0 spiro atoms. The second kappa shape index (κ2) is 4.47. The van der Waals surface area contributed by atoms with Crippen molar-refractivity contribution in [3.05, 3.63) is 47.5 Å². The fraction of sp³-hybridized carbons (Fsp3) is 0.231. The van der Waals surface area contributed by atoms with Gasteiger partial charge in [0.25, 0.3) is 10.1 Å². The Bertz CT molecular complexity index is 645. The SMILES string of the molecule is Cc1ccc(CCS(=O)(=O)O)c2ccccc12. The fourth-order valence-electron chi connectivity index (χ4n) is 1.97. The zero-order chi connectivity index (χ0) is 12.5. The van der Waals surface area contributed by atoms with Crippen molar-refractivity contribution < 1.29 is 13.0 Å². The van der Waals surface area contributed by atoms with Gasteiger partial charge in [0.05, 0.1) is 5.75 Å². The van der Waals surface area contributed by atoms with Gasteiger partial charge in [0.15, 0.2) is 0 Å². The van der Waals surface area contributed by atoms with Crippen LogP contribution in [0, 0.1) is 6.92 Å². The highest BCUT2D eigenvalue weighted by Gasteiger charge is 2.08. The highest BCUT2D eigenvalue weighted by molar-refractivity contribution is 7.85. The van der Waals surface area contributed by atoms with E-state index in [-0.39, 0.29) is 5.75 Å². The molecule has 0 aliphatic heterocycles. The molecule has 2 rings (SSSR count). The van der Waals surface area contributed by atoms with E-state index in [4.69, 9.17) is 4.55 Å². The zero-order valence-electron chi connectivity index (χ0n) is 9.55. The van der Waals surface area contributed by atoms with Gasteiger partial charge < -0.3 is 0 Å². The van der Waals surface area contributed by atoms with Crippen LogP contribution in [-0.4, -0.2) is 18.7 Å². The summed E-state index contributed by atoms with van der Waals surface area (Å²) in [7, 11) is -3.90. The highest BCUT2D eigenvalue weighted by Crippen LogP contribution is 2.22. The Balaban J connectivity index is 2.45. The molecule has 1 N–H and O–H groups in total. The lowest BCUT2D eigenvalue weighted by Gasteiger charge is -2.08. The van der Waals surface area contributed by atoms with Gasteiger partial charge in [0.1, 0.15) is 0 Å². The quantitative estimate of drug-likeness (QED) is 0.852. The van der Waals surface area contributed by atoms with E-state index in [1.807, 2.05) is 43.3 Å².